The maximum Gasteiger partial charge on any atom is 0.0897 e. The van der Waals surface area contributed by atoms with Crippen molar-refractivity contribution < 1.29 is 0 Å². The maximum atomic E-state index is 4.92. The van der Waals surface area contributed by atoms with Crippen LogP contribution in [0.5, 0.6) is 0 Å². The molecule has 0 saturated carbocycles. The first-order valence-corrected chi connectivity index (χ1v) is 10.9. The highest BCUT2D eigenvalue weighted by Crippen LogP contribution is 2.25. The average Bonchev–Trinajstić information content (AvgIpc) is 2.68. The molecule has 2 N–H and O–H groups in total. The molecule has 3 heteroatoms. The van der Waals surface area contributed by atoms with Crippen molar-refractivity contribution in [3.05, 3.63) is 47.3 Å². The zero-order chi connectivity index (χ0) is 22.6. The summed E-state index contributed by atoms with van der Waals surface area (Å²) in [5.41, 5.74) is 11.2. The molecule has 29 heavy (non-hydrogen) atoms. The van der Waals surface area contributed by atoms with Gasteiger partial charge in [-0.25, -0.2) is 9.97 Å². The summed E-state index contributed by atoms with van der Waals surface area (Å²) in [5.74, 6) is 0.644. The lowest BCUT2D eigenvalue weighted by atomic mass is 9.88. The van der Waals surface area contributed by atoms with E-state index in [1.165, 1.54) is 18.2 Å². The Labute approximate surface area is 179 Å². The summed E-state index contributed by atoms with van der Waals surface area (Å²) in [4.78, 5) is 9.69. The molecule has 0 aliphatic rings. The minimum atomic E-state index is 0.261. The molecule has 1 aromatic carbocycles. The van der Waals surface area contributed by atoms with Crippen molar-refractivity contribution in [2.45, 2.75) is 74.7 Å². The Morgan fingerprint density at radius 3 is 2.14 bits per heavy atom. The SMILES string of the molecule is C=Cc1nc2ccc(CC(C)(C)C)cc2nc1/C=C(\CC)CC(C)C.CC.CN. The molecule has 0 unspecified atom stereocenters. The van der Waals surface area contributed by atoms with Crippen LogP contribution in [0.1, 0.15) is 85.2 Å². The highest BCUT2D eigenvalue weighted by atomic mass is 14.8. The fraction of sp³-hybridized carbons (Fsp3) is 0.538. The lowest BCUT2D eigenvalue weighted by Crippen LogP contribution is -2.09. The van der Waals surface area contributed by atoms with Gasteiger partial charge in [0.25, 0.3) is 0 Å². The standard InChI is InChI=1S/C23H32N2.C2H6.CH5N/c1-8-17(12-16(3)4)13-21-19(9-2)24-20-11-10-18(14-22(20)25-21)15-23(5,6)7;2*1-2/h9-11,13-14,16H,2,8,12,15H2,1,3-7H3;1-2H3;2H2,1H3/b17-13+;;. The Hall–Kier alpha value is -2.00. The van der Waals surface area contributed by atoms with Gasteiger partial charge in [-0.1, -0.05) is 73.6 Å². The average molecular weight is 398 g/mol. The number of hydrogen-bond donors (Lipinski definition) is 1. The zero-order valence-corrected chi connectivity index (χ0v) is 20.3. The van der Waals surface area contributed by atoms with Crippen LogP contribution in [0.4, 0.5) is 0 Å². The van der Waals surface area contributed by atoms with E-state index in [9.17, 15) is 0 Å². The molecule has 2 rings (SSSR count). The van der Waals surface area contributed by atoms with Crippen LogP contribution in [0, 0.1) is 11.3 Å². The minimum Gasteiger partial charge on any atom is -0.333 e. The Bertz CT molecular complexity index is 780. The van der Waals surface area contributed by atoms with Crippen LogP contribution >= 0.6 is 0 Å². The molecular formula is C26H43N3. The van der Waals surface area contributed by atoms with Crippen molar-refractivity contribution in [2.75, 3.05) is 7.05 Å². The fourth-order valence-electron chi connectivity index (χ4n) is 3.13. The van der Waals surface area contributed by atoms with E-state index in [1.807, 2.05) is 19.9 Å². The van der Waals surface area contributed by atoms with Gasteiger partial charge in [0.2, 0.25) is 0 Å². The Kier molecular flexibility index (Phi) is 12.4. The molecule has 0 atom stereocenters. The number of benzene rings is 1. The smallest absolute Gasteiger partial charge is 0.0897 e. The summed E-state index contributed by atoms with van der Waals surface area (Å²) >= 11 is 0. The number of fused-ring (bicyclic) bond motifs is 1. The van der Waals surface area contributed by atoms with Crippen LogP contribution < -0.4 is 5.73 Å². The summed E-state index contributed by atoms with van der Waals surface area (Å²) in [6.07, 6.45) is 7.19. The van der Waals surface area contributed by atoms with Gasteiger partial charge in [-0.05, 0) is 67.5 Å². The van der Waals surface area contributed by atoms with Crippen molar-refractivity contribution in [3.63, 3.8) is 0 Å². The lowest BCUT2D eigenvalue weighted by Gasteiger charge is -2.18. The molecular weight excluding hydrogens is 354 g/mol. The molecule has 0 saturated heterocycles. The molecule has 0 aliphatic heterocycles. The van der Waals surface area contributed by atoms with Crippen LogP contribution in [0.25, 0.3) is 23.2 Å². The lowest BCUT2D eigenvalue weighted by molar-refractivity contribution is 0.411. The van der Waals surface area contributed by atoms with Gasteiger partial charge in [-0.15, -0.1) is 0 Å². The van der Waals surface area contributed by atoms with Crippen LogP contribution in [0.2, 0.25) is 0 Å². The largest absolute Gasteiger partial charge is 0.333 e. The van der Waals surface area contributed by atoms with E-state index >= 15 is 0 Å². The van der Waals surface area contributed by atoms with Gasteiger partial charge in [-0.2, -0.15) is 0 Å². The van der Waals surface area contributed by atoms with Crippen molar-refractivity contribution in [1.29, 1.82) is 0 Å². The van der Waals surface area contributed by atoms with E-state index in [1.54, 1.807) is 0 Å². The molecule has 0 aliphatic carbocycles. The van der Waals surface area contributed by atoms with Crippen LogP contribution in [0.15, 0.2) is 30.4 Å². The van der Waals surface area contributed by atoms with Crippen molar-refractivity contribution in [3.8, 4) is 0 Å². The van der Waals surface area contributed by atoms with Crippen LogP contribution in [-0.4, -0.2) is 17.0 Å². The summed E-state index contributed by atoms with van der Waals surface area (Å²) < 4.78 is 0. The third kappa shape index (κ3) is 9.36. The zero-order valence-electron chi connectivity index (χ0n) is 20.3. The van der Waals surface area contributed by atoms with Gasteiger partial charge in [0.15, 0.2) is 0 Å². The van der Waals surface area contributed by atoms with E-state index in [0.717, 1.165) is 41.7 Å². The quantitative estimate of drug-likeness (QED) is 0.556. The molecule has 1 heterocycles. The van der Waals surface area contributed by atoms with E-state index < -0.39 is 0 Å². The summed E-state index contributed by atoms with van der Waals surface area (Å²) in [7, 11) is 1.50. The van der Waals surface area contributed by atoms with Gasteiger partial charge in [0.1, 0.15) is 0 Å². The number of rotatable bonds is 6. The van der Waals surface area contributed by atoms with Crippen molar-refractivity contribution in [2.24, 2.45) is 17.1 Å². The minimum absolute atomic E-state index is 0.261. The second kappa shape index (κ2) is 13.3. The third-order valence-corrected chi connectivity index (χ3v) is 4.18. The topological polar surface area (TPSA) is 51.8 Å². The molecule has 0 fully saturated rings. The second-order valence-corrected chi connectivity index (χ2v) is 8.51. The summed E-state index contributed by atoms with van der Waals surface area (Å²) in [6.45, 7) is 21.4. The first-order valence-electron chi connectivity index (χ1n) is 10.9. The molecule has 2 aromatic rings. The van der Waals surface area contributed by atoms with E-state index in [-0.39, 0.29) is 5.41 Å². The molecule has 0 bridgehead atoms. The normalized spacial score (nSPS) is 11.5. The van der Waals surface area contributed by atoms with Gasteiger partial charge in [0, 0.05) is 0 Å². The molecule has 1 aromatic heterocycles. The highest BCUT2D eigenvalue weighted by molar-refractivity contribution is 5.78. The number of hydrogen-bond acceptors (Lipinski definition) is 3. The monoisotopic (exact) mass is 397 g/mol. The first kappa shape index (κ1) is 27.0. The molecule has 0 amide bonds. The van der Waals surface area contributed by atoms with Crippen molar-refractivity contribution >= 4 is 23.2 Å². The summed E-state index contributed by atoms with van der Waals surface area (Å²) in [6, 6.07) is 6.44. The van der Waals surface area contributed by atoms with Crippen LogP contribution in [0.3, 0.4) is 0 Å². The van der Waals surface area contributed by atoms with Crippen LogP contribution in [-0.2, 0) is 6.42 Å². The van der Waals surface area contributed by atoms with Gasteiger partial charge in [0.05, 0.1) is 22.4 Å². The molecule has 0 spiro atoms. The van der Waals surface area contributed by atoms with E-state index in [2.05, 4.69) is 78.1 Å². The van der Waals surface area contributed by atoms with Gasteiger partial charge < -0.3 is 5.73 Å². The Balaban J connectivity index is 0.00000184. The van der Waals surface area contributed by atoms with E-state index in [4.69, 9.17) is 9.97 Å². The number of allylic oxidation sites excluding steroid dienone is 1. The predicted molar refractivity (Wildman–Crippen MR) is 132 cm³/mol. The number of nitrogens with two attached hydrogens (primary N) is 1. The van der Waals surface area contributed by atoms with Gasteiger partial charge >= 0.3 is 0 Å². The second-order valence-electron chi connectivity index (χ2n) is 8.51. The molecule has 0 radical (unpaired) electrons. The number of nitrogens with zero attached hydrogens (tertiary/aromatic N) is 2. The van der Waals surface area contributed by atoms with Gasteiger partial charge in [-0.3, -0.25) is 0 Å². The number of aromatic nitrogens is 2. The maximum absolute atomic E-state index is 4.92. The highest BCUT2D eigenvalue weighted by Gasteiger charge is 2.13. The summed E-state index contributed by atoms with van der Waals surface area (Å²) in [5, 5.41) is 0. The predicted octanol–water partition coefficient (Wildman–Crippen LogP) is 7.30. The Morgan fingerprint density at radius 1 is 1.07 bits per heavy atom. The third-order valence-electron chi connectivity index (χ3n) is 4.18. The van der Waals surface area contributed by atoms with E-state index in [0.29, 0.717) is 5.92 Å². The van der Waals surface area contributed by atoms with Crippen molar-refractivity contribution in [1.82, 2.24) is 9.97 Å². The fourth-order valence-corrected chi connectivity index (χ4v) is 3.13. The Morgan fingerprint density at radius 2 is 1.66 bits per heavy atom. The molecule has 162 valence electrons. The molecule has 3 nitrogen and oxygen atoms in total. The first-order chi connectivity index (χ1) is 13.7.